The molecule has 0 radical (unpaired) electrons. The summed E-state index contributed by atoms with van der Waals surface area (Å²) >= 11 is 0. The van der Waals surface area contributed by atoms with Crippen LogP contribution in [0.4, 0.5) is 5.69 Å². The van der Waals surface area contributed by atoms with E-state index in [0.29, 0.717) is 17.2 Å². The molecule has 3 heterocycles. The number of piperidine rings is 1. The lowest BCUT2D eigenvalue weighted by molar-refractivity contribution is -0.133. The predicted octanol–water partition coefficient (Wildman–Crippen LogP) is 3.74. The number of carbonyl (C=O) groups is 2. The van der Waals surface area contributed by atoms with E-state index in [4.69, 9.17) is 0 Å². The van der Waals surface area contributed by atoms with Crippen LogP contribution in [-0.4, -0.2) is 34.8 Å². The normalized spacial score (nSPS) is 22.1. The number of fused-ring (bicyclic) bond motifs is 1. The van der Waals surface area contributed by atoms with Crippen LogP contribution in [0.25, 0.3) is 0 Å². The van der Waals surface area contributed by atoms with Crippen molar-refractivity contribution in [3.63, 3.8) is 0 Å². The molecule has 1 fully saturated rings. The highest BCUT2D eigenvalue weighted by molar-refractivity contribution is 6.11. The van der Waals surface area contributed by atoms with Gasteiger partial charge in [0.15, 0.2) is 0 Å². The molecule has 2 aliphatic heterocycles. The van der Waals surface area contributed by atoms with E-state index in [2.05, 4.69) is 11.9 Å². The van der Waals surface area contributed by atoms with Crippen LogP contribution in [0.5, 0.6) is 0 Å². The number of pyridine rings is 1. The van der Waals surface area contributed by atoms with E-state index in [0.717, 1.165) is 30.8 Å². The van der Waals surface area contributed by atoms with Gasteiger partial charge in [-0.2, -0.15) is 0 Å². The second kappa shape index (κ2) is 7.14. The molecule has 0 spiro atoms. The van der Waals surface area contributed by atoms with Gasteiger partial charge in [0.05, 0.1) is 23.7 Å². The summed E-state index contributed by atoms with van der Waals surface area (Å²) in [5.41, 5.74) is 3.26. The Morgan fingerprint density at radius 1 is 1.22 bits per heavy atom. The Hall–Kier alpha value is -2.69. The number of aromatic nitrogens is 1. The van der Waals surface area contributed by atoms with Crippen molar-refractivity contribution in [3.05, 3.63) is 59.4 Å². The Morgan fingerprint density at radius 3 is 2.74 bits per heavy atom. The number of hydrogen-bond acceptors (Lipinski definition) is 3. The number of carbonyl (C=O) groups excluding carboxylic acids is 2. The molecule has 0 bridgehead atoms. The van der Waals surface area contributed by atoms with E-state index in [9.17, 15) is 9.59 Å². The first-order valence-corrected chi connectivity index (χ1v) is 9.67. The third-order valence-electron chi connectivity index (χ3n) is 5.60. The molecule has 0 N–H and O–H groups in total. The number of aryl methyl sites for hydroxylation is 1. The minimum Gasteiger partial charge on any atom is -0.342 e. The van der Waals surface area contributed by atoms with E-state index in [1.165, 1.54) is 6.42 Å². The van der Waals surface area contributed by atoms with Gasteiger partial charge in [-0.1, -0.05) is 24.6 Å². The van der Waals surface area contributed by atoms with Crippen LogP contribution >= 0.6 is 0 Å². The molecule has 2 atom stereocenters. The first kappa shape index (κ1) is 17.7. The molecule has 1 aromatic carbocycles. The molecular formula is C22H25N3O2. The van der Waals surface area contributed by atoms with Crippen molar-refractivity contribution < 1.29 is 9.59 Å². The van der Waals surface area contributed by atoms with E-state index in [-0.39, 0.29) is 24.3 Å². The minimum atomic E-state index is -0.346. The summed E-state index contributed by atoms with van der Waals surface area (Å²) in [7, 11) is 0. The number of hydrogen-bond donors (Lipinski definition) is 0. The zero-order valence-electron chi connectivity index (χ0n) is 15.9. The molecule has 5 nitrogen and oxygen atoms in total. The summed E-state index contributed by atoms with van der Waals surface area (Å²) in [6.07, 6.45) is 4.19. The predicted molar refractivity (Wildman–Crippen MR) is 105 cm³/mol. The smallest absolute Gasteiger partial charge is 0.260 e. The minimum absolute atomic E-state index is 0.0771. The molecule has 2 aromatic rings. The lowest BCUT2D eigenvalue weighted by Crippen LogP contribution is -2.41. The Bertz CT molecular complexity index is 862. The Kier molecular flexibility index (Phi) is 4.68. The molecular weight excluding hydrogens is 338 g/mol. The van der Waals surface area contributed by atoms with Crippen LogP contribution in [0.1, 0.15) is 53.8 Å². The summed E-state index contributed by atoms with van der Waals surface area (Å²) in [5.74, 6) is 0.563. The van der Waals surface area contributed by atoms with Crippen molar-refractivity contribution in [2.45, 2.75) is 39.2 Å². The molecule has 1 saturated heterocycles. The summed E-state index contributed by atoms with van der Waals surface area (Å²) in [5, 5.41) is 0. The third kappa shape index (κ3) is 3.34. The van der Waals surface area contributed by atoms with Crippen LogP contribution in [-0.2, 0) is 4.79 Å². The lowest BCUT2D eigenvalue weighted by Gasteiger charge is -2.33. The van der Waals surface area contributed by atoms with E-state index >= 15 is 0 Å². The van der Waals surface area contributed by atoms with Gasteiger partial charge >= 0.3 is 0 Å². The number of likely N-dealkylation sites (tertiary alicyclic amines) is 1. The SMILES string of the molecule is Cc1ccc(N2C(=O)c3cccnc3[C@@H]2CC(=O)N2CCC[C@@H](C)C2)cc1. The first-order chi connectivity index (χ1) is 13.0. The van der Waals surface area contributed by atoms with Gasteiger partial charge in [-0.15, -0.1) is 0 Å². The van der Waals surface area contributed by atoms with E-state index in [1.54, 1.807) is 23.2 Å². The number of benzene rings is 1. The van der Waals surface area contributed by atoms with Crippen molar-refractivity contribution in [3.8, 4) is 0 Å². The second-order valence-corrected chi connectivity index (χ2v) is 7.75. The number of anilines is 1. The van der Waals surface area contributed by atoms with Gasteiger partial charge in [0.25, 0.3) is 5.91 Å². The summed E-state index contributed by atoms with van der Waals surface area (Å²) < 4.78 is 0. The van der Waals surface area contributed by atoms with Gasteiger partial charge in [-0.3, -0.25) is 19.5 Å². The van der Waals surface area contributed by atoms with Crippen molar-refractivity contribution >= 4 is 17.5 Å². The summed E-state index contributed by atoms with van der Waals surface area (Å²) in [4.78, 5) is 34.2. The molecule has 0 saturated carbocycles. The fourth-order valence-electron chi connectivity index (χ4n) is 4.16. The van der Waals surface area contributed by atoms with E-state index in [1.807, 2.05) is 36.1 Å². The third-order valence-corrected chi connectivity index (χ3v) is 5.60. The van der Waals surface area contributed by atoms with Gasteiger partial charge in [-0.05, 0) is 49.9 Å². The maximum atomic E-state index is 13.1. The average Bonchev–Trinajstić information content (AvgIpc) is 2.95. The molecule has 4 rings (SSSR count). The largest absolute Gasteiger partial charge is 0.342 e. The molecule has 0 aliphatic carbocycles. The van der Waals surface area contributed by atoms with Crippen LogP contribution in [0.15, 0.2) is 42.6 Å². The molecule has 0 unspecified atom stereocenters. The Morgan fingerprint density at radius 2 is 2.00 bits per heavy atom. The number of nitrogens with zero attached hydrogens (tertiary/aromatic N) is 3. The fraction of sp³-hybridized carbons (Fsp3) is 0.409. The summed E-state index contributed by atoms with van der Waals surface area (Å²) in [6, 6.07) is 11.1. The first-order valence-electron chi connectivity index (χ1n) is 9.67. The molecule has 5 heteroatoms. The summed E-state index contributed by atoms with van der Waals surface area (Å²) in [6.45, 7) is 5.82. The zero-order valence-corrected chi connectivity index (χ0v) is 15.9. The Labute approximate surface area is 160 Å². The van der Waals surface area contributed by atoms with Gasteiger partial charge < -0.3 is 4.90 Å². The fourth-order valence-corrected chi connectivity index (χ4v) is 4.16. The van der Waals surface area contributed by atoms with Gasteiger partial charge in [0.1, 0.15) is 0 Å². The van der Waals surface area contributed by atoms with Gasteiger partial charge in [0, 0.05) is 25.0 Å². The highest BCUT2D eigenvalue weighted by Crippen LogP contribution is 2.38. The second-order valence-electron chi connectivity index (χ2n) is 7.75. The molecule has 140 valence electrons. The number of rotatable bonds is 3. The highest BCUT2D eigenvalue weighted by atomic mass is 16.2. The maximum Gasteiger partial charge on any atom is 0.260 e. The lowest BCUT2D eigenvalue weighted by atomic mass is 9.99. The zero-order chi connectivity index (χ0) is 19.0. The van der Waals surface area contributed by atoms with Crippen LogP contribution in [0, 0.1) is 12.8 Å². The number of amides is 2. The molecule has 2 aliphatic rings. The van der Waals surface area contributed by atoms with Crippen molar-refractivity contribution in [1.29, 1.82) is 0 Å². The quantitative estimate of drug-likeness (QED) is 0.835. The molecule has 1 aromatic heterocycles. The van der Waals surface area contributed by atoms with Crippen molar-refractivity contribution in [2.24, 2.45) is 5.92 Å². The van der Waals surface area contributed by atoms with Crippen molar-refractivity contribution in [1.82, 2.24) is 9.88 Å². The average molecular weight is 363 g/mol. The maximum absolute atomic E-state index is 13.1. The van der Waals surface area contributed by atoms with Crippen LogP contribution in [0.2, 0.25) is 0 Å². The Balaban J connectivity index is 1.65. The molecule has 2 amide bonds. The van der Waals surface area contributed by atoms with Gasteiger partial charge in [0.2, 0.25) is 5.91 Å². The van der Waals surface area contributed by atoms with Crippen LogP contribution in [0.3, 0.4) is 0 Å². The highest BCUT2D eigenvalue weighted by Gasteiger charge is 2.40. The van der Waals surface area contributed by atoms with Gasteiger partial charge in [-0.25, -0.2) is 0 Å². The van der Waals surface area contributed by atoms with Crippen molar-refractivity contribution in [2.75, 3.05) is 18.0 Å². The monoisotopic (exact) mass is 363 g/mol. The standard InChI is InChI=1S/C22H25N3O2/c1-15-7-9-17(10-8-15)25-19(21-18(22(25)27)6-3-11-23-21)13-20(26)24-12-4-5-16(2)14-24/h3,6-11,16,19H,4-5,12-14H2,1-2H3/t16-,19+/m1/s1. The van der Waals surface area contributed by atoms with Crippen LogP contribution < -0.4 is 4.90 Å². The molecule has 27 heavy (non-hydrogen) atoms. The topological polar surface area (TPSA) is 53.5 Å². The van der Waals surface area contributed by atoms with E-state index < -0.39 is 0 Å².